The third-order valence-electron chi connectivity index (χ3n) is 18.1. The van der Waals surface area contributed by atoms with E-state index in [-0.39, 0.29) is 23.7 Å². The molecule has 7 aliphatic rings. The molecule has 1 unspecified atom stereocenters. The smallest absolute Gasteiger partial charge is 0.318 e. The zero-order valence-electron chi connectivity index (χ0n) is 42.5. The van der Waals surface area contributed by atoms with Crippen LogP contribution < -0.4 is 0 Å². The molecule has 0 aromatic heterocycles. The minimum absolute atomic E-state index is 0.102. The Hall–Kier alpha value is -2.91. The molecule has 0 amide bonds. The summed E-state index contributed by atoms with van der Waals surface area (Å²) in [6.45, 7) is 12.4. The Kier molecular flexibility index (Phi) is 16.4. The first-order valence-electron chi connectivity index (χ1n) is 25.5. The molecular formula is C53H78O17. The molecule has 4 aliphatic carbocycles. The second-order valence-electron chi connectivity index (χ2n) is 21.7. The van der Waals surface area contributed by atoms with Gasteiger partial charge in [0.1, 0.15) is 48.3 Å². The van der Waals surface area contributed by atoms with Crippen LogP contribution in [0, 0.1) is 40.4 Å². The predicted octanol–water partition coefficient (Wildman–Crippen LogP) is 5.27. The summed E-state index contributed by atoms with van der Waals surface area (Å²) in [4.78, 5) is 41.3. The van der Waals surface area contributed by atoms with Gasteiger partial charge < -0.3 is 67.4 Å². The van der Waals surface area contributed by atoms with Crippen LogP contribution in [0.3, 0.4) is 0 Å². The minimum atomic E-state index is -1.38. The van der Waals surface area contributed by atoms with Crippen molar-refractivity contribution in [1.29, 1.82) is 0 Å². The summed E-state index contributed by atoms with van der Waals surface area (Å²) in [5.41, 5.74) is -2.25. The average molecular weight is 987 g/mol. The summed E-state index contributed by atoms with van der Waals surface area (Å²) >= 11 is 0. The minimum Gasteiger partial charge on any atom is -0.461 e. The maximum atomic E-state index is 14.7. The largest absolute Gasteiger partial charge is 0.461 e. The Labute approximate surface area is 412 Å². The van der Waals surface area contributed by atoms with E-state index < -0.39 is 132 Å². The summed E-state index contributed by atoms with van der Waals surface area (Å²) in [5.74, 6) is -3.61. The second kappa shape index (κ2) is 21.5. The van der Waals surface area contributed by atoms with E-state index in [0.717, 1.165) is 12.0 Å². The molecule has 8 rings (SSSR count). The fourth-order valence-corrected chi connectivity index (χ4v) is 14.5. The van der Waals surface area contributed by atoms with E-state index in [2.05, 4.69) is 6.92 Å². The average Bonchev–Trinajstić information content (AvgIpc) is 3.60. The molecule has 3 saturated heterocycles. The van der Waals surface area contributed by atoms with Crippen molar-refractivity contribution in [3.05, 3.63) is 42.2 Å². The summed E-state index contributed by atoms with van der Waals surface area (Å²) in [6.07, 6.45) is -2.26. The van der Waals surface area contributed by atoms with Gasteiger partial charge in [-0.2, -0.15) is 0 Å². The Morgan fingerprint density at radius 1 is 0.714 bits per heavy atom. The lowest BCUT2D eigenvalue weighted by molar-refractivity contribution is -0.352. The number of hydrogen-bond acceptors (Lipinski definition) is 17. The van der Waals surface area contributed by atoms with E-state index in [9.17, 15) is 29.7 Å². The van der Waals surface area contributed by atoms with Gasteiger partial charge in [0.15, 0.2) is 18.9 Å². The van der Waals surface area contributed by atoms with Crippen LogP contribution in [-0.4, -0.2) is 152 Å². The molecule has 1 aromatic carbocycles. The SMILES string of the molecule is CO[C@H]1[C@H](O)[C@@H](O[C@H]2[C@H](C)O[C@@H](O[C@H]3[C@@H](OC)C[C@H](O[C@H]4CC[C@@]5(C)C(CC[C@@H]6[C@@H]5[C@H](OC(C)=O)[C@@H](C(=O)O/C=C/c5ccccc5)[C@]5(C)[C@@H](C(C)=O)CC[C@]65O)C4)O[C@@H]3C)C[C@H]2OC)O[C@@H](C)[C@@H]1O. The second-order valence-corrected chi connectivity index (χ2v) is 21.7. The van der Waals surface area contributed by atoms with E-state index in [1.165, 1.54) is 27.2 Å². The van der Waals surface area contributed by atoms with Crippen molar-refractivity contribution in [3.8, 4) is 0 Å². The molecule has 4 saturated carbocycles. The number of fused-ring (bicyclic) bond motifs is 5. The fourth-order valence-electron chi connectivity index (χ4n) is 14.5. The Morgan fingerprint density at radius 2 is 1.36 bits per heavy atom. The van der Waals surface area contributed by atoms with Crippen molar-refractivity contribution in [2.45, 2.75) is 204 Å². The molecule has 23 atom stereocenters. The quantitative estimate of drug-likeness (QED) is 0.123. The molecule has 70 heavy (non-hydrogen) atoms. The number of aliphatic hydroxyl groups is 3. The summed E-state index contributed by atoms with van der Waals surface area (Å²) < 4.78 is 67.9. The molecule has 17 nitrogen and oxygen atoms in total. The van der Waals surface area contributed by atoms with Crippen molar-refractivity contribution >= 4 is 23.8 Å². The van der Waals surface area contributed by atoms with Gasteiger partial charge in [-0.15, -0.1) is 0 Å². The van der Waals surface area contributed by atoms with E-state index in [1.54, 1.807) is 27.2 Å². The van der Waals surface area contributed by atoms with Crippen molar-refractivity contribution in [3.63, 3.8) is 0 Å². The van der Waals surface area contributed by atoms with Crippen LogP contribution in [0.25, 0.3) is 6.08 Å². The number of ketones is 1. The molecule has 3 N–H and O–H groups in total. The molecule has 0 bridgehead atoms. The van der Waals surface area contributed by atoms with Gasteiger partial charge in [-0.25, -0.2) is 0 Å². The van der Waals surface area contributed by atoms with Crippen LogP contribution in [0.5, 0.6) is 0 Å². The van der Waals surface area contributed by atoms with Crippen LogP contribution in [0.4, 0.5) is 0 Å². The monoisotopic (exact) mass is 987 g/mol. The highest BCUT2D eigenvalue weighted by atomic mass is 16.8. The van der Waals surface area contributed by atoms with Gasteiger partial charge in [-0.05, 0) is 102 Å². The third kappa shape index (κ3) is 9.81. The fraction of sp³-hybridized carbons (Fsp3) is 0.792. The molecule has 1 aromatic rings. The normalized spacial score (nSPS) is 47.2. The van der Waals surface area contributed by atoms with Crippen LogP contribution in [0.15, 0.2) is 36.6 Å². The molecular weight excluding hydrogens is 909 g/mol. The van der Waals surface area contributed by atoms with Crippen LogP contribution in [0.1, 0.15) is 112 Å². The summed E-state index contributed by atoms with van der Waals surface area (Å²) in [6, 6.07) is 9.44. The number of rotatable bonds is 14. The first-order valence-corrected chi connectivity index (χ1v) is 25.5. The topological polar surface area (TPSA) is 213 Å². The van der Waals surface area contributed by atoms with Gasteiger partial charge in [0.2, 0.25) is 0 Å². The number of esters is 2. The van der Waals surface area contributed by atoms with Crippen molar-refractivity contribution in [1.82, 2.24) is 0 Å². The standard InChI is InChI=1S/C53H78O17/c1-27(54)35-19-22-53(59)36-17-16-33-24-34(18-21-51(33,6)41(36)47(67-31(5)55)42(52(35,53)7)49(58)63-23-20-32-14-12-11-13-15-32)68-39-25-37(60-8)45(29(3)64-39)69-40-26-38(61-9)46(30(4)65-40)70-50-44(57)48(62-10)43(56)28(2)66-50/h11-15,20,23,28-30,33-48,50,56-57,59H,16-19,21-22,24-26H2,1-10H3/b23-20+/t28-,29+,30-,33?,34-,35+,36+,37-,38+,39-,40-,41+,42-,43-,44-,45+,46-,47-,48+,50+,51-,52-,53-/m0/s1. The number of ether oxygens (including phenoxy) is 11. The molecule has 7 fully saturated rings. The number of hydrogen-bond donors (Lipinski definition) is 3. The number of aliphatic hydroxyl groups excluding tert-OH is 2. The number of methoxy groups -OCH3 is 3. The first-order chi connectivity index (χ1) is 33.3. The molecule has 3 aliphatic heterocycles. The lowest BCUT2D eigenvalue weighted by atomic mass is 9.40. The summed E-state index contributed by atoms with van der Waals surface area (Å²) in [7, 11) is 4.64. The zero-order chi connectivity index (χ0) is 50.4. The highest BCUT2D eigenvalue weighted by Crippen LogP contribution is 2.71. The maximum Gasteiger partial charge on any atom is 0.318 e. The molecule has 0 spiro atoms. The van der Waals surface area contributed by atoms with Gasteiger partial charge in [0, 0.05) is 58.3 Å². The maximum absolute atomic E-state index is 14.7. The van der Waals surface area contributed by atoms with Crippen molar-refractivity contribution < 1.29 is 81.8 Å². The molecule has 17 heteroatoms. The van der Waals surface area contributed by atoms with Crippen LogP contribution in [0.2, 0.25) is 0 Å². The van der Waals surface area contributed by atoms with E-state index in [0.29, 0.717) is 51.4 Å². The van der Waals surface area contributed by atoms with E-state index >= 15 is 0 Å². The highest BCUT2D eigenvalue weighted by molar-refractivity contribution is 5.83. The zero-order valence-corrected chi connectivity index (χ0v) is 42.5. The van der Waals surface area contributed by atoms with Crippen molar-refractivity contribution in [2.24, 2.45) is 40.4 Å². The molecule has 392 valence electrons. The first kappa shape index (κ1) is 53.4. The third-order valence-corrected chi connectivity index (χ3v) is 18.1. The predicted molar refractivity (Wildman–Crippen MR) is 250 cm³/mol. The van der Waals surface area contributed by atoms with E-state index in [4.69, 9.17) is 52.1 Å². The van der Waals surface area contributed by atoms with E-state index in [1.807, 2.05) is 51.1 Å². The van der Waals surface area contributed by atoms with Gasteiger partial charge in [0.25, 0.3) is 0 Å². The number of Topliss-reactive ketones (excluding diaryl/α,β-unsaturated/α-hetero) is 1. The van der Waals surface area contributed by atoms with Crippen LogP contribution >= 0.6 is 0 Å². The number of carbonyl (C=O) groups excluding carboxylic acids is 3. The number of carbonyl (C=O) groups is 3. The Morgan fingerprint density at radius 3 is 1.97 bits per heavy atom. The molecule has 3 heterocycles. The lowest BCUT2D eigenvalue weighted by Crippen LogP contribution is -2.72. The number of benzene rings is 1. The van der Waals surface area contributed by atoms with Crippen molar-refractivity contribution in [2.75, 3.05) is 21.3 Å². The van der Waals surface area contributed by atoms with Crippen LogP contribution in [-0.2, 0) is 66.5 Å². The van der Waals surface area contributed by atoms with Gasteiger partial charge in [-0.1, -0.05) is 44.2 Å². The lowest BCUT2D eigenvalue weighted by Gasteiger charge is -2.66. The Bertz CT molecular complexity index is 2000. The Balaban J connectivity index is 0.937. The van der Waals surface area contributed by atoms with Gasteiger partial charge in [-0.3, -0.25) is 14.4 Å². The summed E-state index contributed by atoms with van der Waals surface area (Å²) in [5, 5.41) is 34.5. The molecule has 0 radical (unpaired) electrons. The van der Waals surface area contributed by atoms with Gasteiger partial charge in [0.05, 0.1) is 48.5 Å². The van der Waals surface area contributed by atoms with Gasteiger partial charge >= 0.3 is 11.9 Å². The highest BCUT2D eigenvalue weighted by Gasteiger charge is 2.76.